The quantitative estimate of drug-likeness (QED) is 0.740. The van der Waals surface area contributed by atoms with Gasteiger partial charge in [0.05, 0.1) is 0 Å². The molecule has 5 heteroatoms. The van der Waals surface area contributed by atoms with Crippen LogP contribution in [0, 0.1) is 5.82 Å². The van der Waals surface area contributed by atoms with Crippen molar-refractivity contribution in [1.82, 2.24) is 5.32 Å². The van der Waals surface area contributed by atoms with Crippen molar-refractivity contribution in [2.75, 3.05) is 6.54 Å². The molecule has 1 aromatic rings. The van der Waals surface area contributed by atoms with Crippen molar-refractivity contribution in [1.29, 1.82) is 0 Å². The zero-order valence-electron chi connectivity index (χ0n) is 10.9. The van der Waals surface area contributed by atoms with Crippen LogP contribution in [0.1, 0.15) is 31.7 Å². The highest BCUT2D eigenvalue weighted by Crippen LogP contribution is 2.22. The van der Waals surface area contributed by atoms with Crippen molar-refractivity contribution in [3.63, 3.8) is 0 Å². The summed E-state index contributed by atoms with van der Waals surface area (Å²) < 4.78 is 49.2. The lowest BCUT2D eigenvalue weighted by Gasteiger charge is -2.14. The Labute approximate surface area is 111 Å². The van der Waals surface area contributed by atoms with Crippen molar-refractivity contribution in [3.8, 4) is 0 Å². The molecule has 1 N–H and O–H groups in total. The van der Waals surface area contributed by atoms with E-state index in [0.29, 0.717) is 24.9 Å². The van der Waals surface area contributed by atoms with Crippen LogP contribution in [0.3, 0.4) is 0 Å². The second-order valence-corrected chi connectivity index (χ2v) is 4.70. The highest BCUT2D eigenvalue weighted by atomic mass is 19.4. The summed E-state index contributed by atoms with van der Waals surface area (Å²) in [4.78, 5) is 0. The fourth-order valence-electron chi connectivity index (χ4n) is 1.87. The number of rotatable bonds is 7. The molecule has 1 rings (SSSR count). The number of halogens is 4. The van der Waals surface area contributed by atoms with Gasteiger partial charge in [0, 0.05) is 12.5 Å². The number of hydrogen-bond acceptors (Lipinski definition) is 1. The van der Waals surface area contributed by atoms with E-state index in [2.05, 4.69) is 5.32 Å². The molecule has 0 heterocycles. The zero-order chi connectivity index (χ0) is 14.3. The van der Waals surface area contributed by atoms with Crippen molar-refractivity contribution >= 4 is 0 Å². The van der Waals surface area contributed by atoms with E-state index in [4.69, 9.17) is 0 Å². The molecule has 0 bridgehead atoms. The van der Waals surface area contributed by atoms with E-state index in [9.17, 15) is 17.6 Å². The Kier molecular flexibility index (Phi) is 6.28. The summed E-state index contributed by atoms with van der Waals surface area (Å²) in [6.07, 6.45) is -3.69. The first-order valence-electron chi connectivity index (χ1n) is 6.42. The van der Waals surface area contributed by atoms with E-state index in [1.165, 1.54) is 6.07 Å². The van der Waals surface area contributed by atoms with E-state index in [-0.39, 0.29) is 18.3 Å². The average Bonchev–Trinajstić information content (AvgIpc) is 2.30. The molecule has 0 aromatic heterocycles. The second kappa shape index (κ2) is 7.48. The average molecular weight is 277 g/mol. The third-order valence-electron chi connectivity index (χ3n) is 2.94. The second-order valence-electron chi connectivity index (χ2n) is 4.70. The van der Waals surface area contributed by atoms with Gasteiger partial charge in [-0.15, -0.1) is 0 Å². The summed E-state index contributed by atoms with van der Waals surface area (Å²) >= 11 is 0. The third kappa shape index (κ3) is 7.15. The van der Waals surface area contributed by atoms with Crippen LogP contribution < -0.4 is 5.32 Å². The van der Waals surface area contributed by atoms with E-state index in [0.717, 1.165) is 0 Å². The van der Waals surface area contributed by atoms with Gasteiger partial charge in [0.25, 0.3) is 0 Å². The van der Waals surface area contributed by atoms with Gasteiger partial charge in [-0.1, -0.05) is 18.2 Å². The van der Waals surface area contributed by atoms with Crippen molar-refractivity contribution in [3.05, 3.63) is 35.6 Å². The maximum absolute atomic E-state index is 13.3. The van der Waals surface area contributed by atoms with Gasteiger partial charge in [0.2, 0.25) is 0 Å². The molecule has 0 aliphatic heterocycles. The first kappa shape index (κ1) is 16.0. The molecule has 0 fully saturated rings. The van der Waals surface area contributed by atoms with Crippen LogP contribution in [0.15, 0.2) is 24.3 Å². The Balaban J connectivity index is 2.17. The third-order valence-corrected chi connectivity index (χ3v) is 2.94. The van der Waals surface area contributed by atoms with E-state index >= 15 is 0 Å². The summed E-state index contributed by atoms with van der Waals surface area (Å²) in [7, 11) is 0. The van der Waals surface area contributed by atoms with Crippen molar-refractivity contribution in [2.45, 2.75) is 44.8 Å². The van der Waals surface area contributed by atoms with Crippen LogP contribution in [-0.4, -0.2) is 18.8 Å². The van der Waals surface area contributed by atoms with Crippen LogP contribution in [0.4, 0.5) is 17.6 Å². The summed E-state index contributed by atoms with van der Waals surface area (Å²) in [5.74, 6) is -0.242. The van der Waals surface area contributed by atoms with Gasteiger partial charge in [-0.2, -0.15) is 13.2 Å². The molecule has 1 aromatic carbocycles. The van der Waals surface area contributed by atoms with E-state index in [1.54, 1.807) is 18.2 Å². The molecule has 0 saturated heterocycles. The molecule has 0 aliphatic carbocycles. The summed E-state index contributed by atoms with van der Waals surface area (Å²) in [5.41, 5.74) is 0.623. The lowest BCUT2D eigenvalue weighted by molar-refractivity contribution is -0.135. The molecule has 0 aliphatic rings. The van der Waals surface area contributed by atoms with Gasteiger partial charge in [-0.05, 0) is 44.4 Å². The minimum atomic E-state index is -4.08. The molecule has 108 valence electrons. The number of hydrogen-bond donors (Lipinski definition) is 1. The molecule has 0 saturated carbocycles. The monoisotopic (exact) mass is 277 g/mol. The lowest BCUT2D eigenvalue weighted by atomic mass is 10.1. The van der Waals surface area contributed by atoms with Gasteiger partial charge in [-0.25, -0.2) is 4.39 Å². The number of benzene rings is 1. The Morgan fingerprint density at radius 2 is 1.89 bits per heavy atom. The largest absolute Gasteiger partial charge is 0.389 e. The van der Waals surface area contributed by atoms with E-state index in [1.807, 2.05) is 6.92 Å². The Morgan fingerprint density at radius 3 is 2.53 bits per heavy atom. The summed E-state index contributed by atoms with van der Waals surface area (Å²) in [6, 6.07) is 6.53. The zero-order valence-corrected chi connectivity index (χ0v) is 10.9. The molecule has 1 atom stereocenters. The fourth-order valence-corrected chi connectivity index (χ4v) is 1.87. The van der Waals surface area contributed by atoms with Gasteiger partial charge in [-0.3, -0.25) is 0 Å². The lowest BCUT2D eigenvalue weighted by Crippen LogP contribution is -2.28. The highest BCUT2D eigenvalue weighted by Gasteiger charge is 2.26. The molecule has 0 spiro atoms. The normalized spacial score (nSPS) is 13.5. The predicted octanol–water partition coefficient (Wildman–Crippen LogP) is 4.08. The van der Waals surface area contributed by atoms with Crippen molar-refractivity contribution < 1.29 is 17.6 Å². The number of alkyl halides is 3. The van der Waals surface area contributed by atoms with Gasteiger partial charge in [0.15, 0.2) is 0 Å². The fraction of sp³-hybridized carbons (Fsp3) is 0.571. The molecule has 1 nitrogen and oxygen atoms in total. The topological polar surface area (TPSA) is 12.0 Å². The Bertz CT molecular complexity index is 376. The van der Waals surface area contributed by atoms with Crippen LogP contribution in [-0.2, 0) is 6.42 Å². The number of nitrogens with one attached hydrogen (secondary N) is 1. The first-order valence-corrected chi connectivity index (χ1v) is 6.42. The first-order chi connectivity index (χ1) is 8.88. The van der Waals surface area contributed by atoms with Crippen LogP contribution in [0.25, 0.3) is 0 Å². The smallest absolute Gasteiger partial charge is 0.314 e. The molecule has 0 amide bonds. The minimum Gasteiger partial charge on any atom is -0.314 e. The maximum atomic E-state index is 13.3. The summed E-state index contributed by atoms with van der Waals surface area (Å²) in [6.45, 7) is 2.41. The standard InChI is InChI=1S/C14H19F4N/c1-11(5-4-9-14(16,17)18)19-10-8-12-6-2-3-7-13(12)15/h2-3,6-7,11,19H,4-5,8-10H2,1H3. The molecule has 0 radical (unpaired) electrons. The van der Waals surface area contributed by atoms with Gasteiger partial charge < -0.3 is 5.32 Å². The van der Waals surface area contributed by atoms with Gasteiger partial charge in [0.1, 0.15) is 5.82 Å². The minimum absolute atomic E-state index is 0.00845. The van der Waals surface area contributed by atoms with Crippen LogP contribution >= 0.6 is 0 Å². The molecule has 1 unspecified atom stereocenters. The SMILES string of the molecule is CC(CCCC(F)(F)F)NCCc1ccccc1F. The molecule has 19 heavy (non-hydrogen) atoms. The maximum Gasteiger partial charge on any atom is 0.389 e. The van der Waals surface area contributed by atoms with Crippen molar-refractivity contribution in [2.24, 2.45) is 0 Å². The molecular weight excluding hydrogens is 258 g/mol. The Morgan fingerprint density at radius 1 is 1.21 bits per heavy atom. The van der Waals surface area contributed by atoms with E-state index < -0.39 is 12.6 Å². The Hall–Kier alpha value is -1.10. The van der Waals surface area contributed by atoms with Gasteiger partial charge >= 0.3 is 6.18 Å². The van der Waals surface area contributed by atoms with Crippen LogP contribution in [0.5, 0.6) is 0 Å². The highest BCUT2D eigenvalue weighted by molar-refractivity contribution is 5.17. The van der Waals surface area contributed by atoms with Crippen LogP contribution in [0.2, 0.25) is 0 Å². The molecular formula is C14H19F4N. The summed E-state index contributed by atoms with van der Waals surface area (Å²) in [5, 5.41) is 3.11. The predicted molar refractivity (Wildman–Crippen MR) is 67.5 cm³/mol.